The van der Waals surface area contributed by atoms with E-state index in [0.29, 0.717) is 22.7 Å². The molecule has 3 aromatic rings. The molecule has 30 heavy (non-hydrogen) atoms. The molecule has 0 radical (unpaired) electrons. The van der Waals surface area contributed by atoms with Crippen LogP contribution in [0.15, 0.2) is 46.2 Å². The first-order valence-corrected chi connectivity index (χ1v) is 10.4. The number of benzene rings is 1. The Kier molecular flexibility index (Phi) is 4.78. The van der Waals surface area contributed by atoms with E-state index in [1.807, 2.05) is 0 Å². The summed E-state index contributed by atoms with van der Waals surface area (Å²) in [6, 6.07) is 6.12. The Labute approximate surface area is 175 Å². The quantitative estimate of drug-likeness (QED) is 0.612. The fraction of sp³-hybridized carbons (Fsp3) is 0.300. The van der Waals surface area contributed by atoms with Crippen LogP contribution in [0.5, 0.6) is 5.88 Å². The van der Waals surface area contributed by atoms with Gasteiger partial charge in [0.2, 0.25) is 5.88 Å². The molecule has 0 saturated carbocycles. The monoisotopic (exact) mass is 429 g/mol. The van der Waals surface area contributed by atoms with E-state index in [2.05, 4.69) is 20.1 Å². The van der Waals surface area contributed by atoms with Crippen molar-refractivity contribution in [2.75, 3.05) is 5.75 Å². The van der Waals surface area contributed by atoms with Gasteiger partial charge in [0, 0.05) is 17.2 Å². The molecule has 0 amide bonds. The molecule has 156 valence electrons. The Balaban J connectivity index is 1.73. The van der Waals surface area contributed by atoms with Gasteiger partial charge in [-0.25, -0.2) is 14.4 Å². The second-order valence-corrected chi connectivity index (χ2v) is 9.80. The van der Waals surface area contributed by atoms with Gasteiger partial charge in [-0.3, -0.25) is 4.99 Å². The van der Waals surface area contributed by atoms with Gasteiger partial charge in [0.05, 0.1) is 12.4 Å². The van der Waals surface area contributed by atoms with Gasteiger partial charge in [-0.1, -0.05) is 5.16 Å². The molecule has 10 heteroatoms. The van der Waals surface area contributed by atoms with Gasteiger partial charge in [-0.05, 0) is 50.1 Å². The molecule has 0 fully saturated rings. The average Bonchev–Trinajstić information content (AvgIpc) is 3.17. The van der Waals surface area contributed by atoms with Crippen molar-refractivity contribution in [3.05, 3.63) is 48.0 Å². The Hall–Kier alpha value is -2.98. The second-order valence-electron chi connectivity index (χ2n) is 7.80. The minimum atomic E-state index is -1.33. The van der Waals surface area contributed by atoms with Crippen molar-refractivity contribution in [3.8, 4) is 28.6 Å². The van der Waals surface area contributed by atoms with Crippen molar-refractivity contribution >= 4 is 17.0 Å². The molecule has 3 N–H and O–H groups in total. The van der Waals surface area contributed by atoms with Gasteiger partial charge >= 0.3 is 0 Å². The predicted octanol–water partition coefficient (Wildman–Crippen LogP) is 2.76. The van der Waals surface area contributed by atoms with Crippen molar-refractivity contribution in [1.29, 1.82) is 0 Å². The van der Waals surface area contributed by atoms with Crippen molar-refractivity contribution in [3.63, 3.8) is 0 Å². The van der Waals surface area contributed by atoms with Crippen LogP contribution in [0.2, 0.25) is 0 Å². The number of hydrogen-bond acceptors (Lipinski definition) is 8. The van der Waals surface area contributed by atoms with Gasteiger partial charge in [0.15, 0.2) is 16.3 Å². The molecule has 2 atom stereocenters. The molecule has 0 bridgehead atoms. The minimum absolute atomic E-state index is 0.145. The van der Waals surface area contributed by atoms with E-state index in [1.165, 1.54) is 18.5 Å². The van der Waals surface area contributed by atoms with E-state index in [1.54, 1.807) is 39.0 Å². The smallest absolute Gasteiger partial charge is 0.229 e. The largest absolute Gasteiger partial charge is 0.616 e. The van der Waals surface area contributed by atoms with Crippen LogP contribution in [0, 0.1) is 5.82 Å². The highest BCUT2D eigenvalue weighted by atomic mass is 32.2. The van der Waals surface area contributed by atoms with Crippen molar-refractivity contribution < 1.29 is 18.6 Å². The van der Waals surface area contributed by atoms with E-state index in [9.17, 15) is 14.0 Å². The van der Waals surface area contributed by atoms with Gasteiger partial charge in [0.1, 0.15) is 28.5 Å². The van der Waals surface area contributed by atoms with E-state index in [0.717, 1.165) is 0 Å². The first kappa shape index (κ1) is 20.3. The lowest BCUT2D eigenvalue weighted by molar-refractivity contribution is 0.433. The summed E-state index contributed by atoms with van der Waals surface area (Å²) in [5, 5.41) is 13.2. The molecule has 2 aromatic heterocycles. The van der Waals surface area contributed by atoms with Crippen molar-refractivity contribution in [1.82, 2.24) is 15.1 Å². The average molecular weight is 429 g/mol. The zero-order valence-corrected chi connectivity index (χ0v) is 17.4. The summed E-state index contributed by atoms with van der Waals surface area (Å²) in [5.41, 5.74) is 6.67. The number of rotatable bonds is 3. The summed E-state index contributed by atoms with van der Waals surface area (Å²) in [6.07, 6.45) is 2.57. The Bertz CT molecular complexity index is 1130. The Morgan fingerprint density at radius 3 is 2.60 bits per heavy atom. The number of aromatic hydroxyl groups is 1. The predicted molar refractivity (Wildman–Crippen MR) is 111 cm³/mol. The number of amidine groups is 1. The number of nitrogens with zero attached hydrogens (tertiary/aromatic N) is 4. The van der Waals surface area contributed by atoms with E-state index >= 15 is 0 Å². The highest BCUT2D eigenvalue weighted by Crippen LogP contribution is 2.39. The lowest BCUT2D eigenvalue weighted by Crippen LogP contribution is -2.55. The van der Waals surface area contributed by atoms with Gasteiger partial charge in [-0.15, -0.1) is 0 Å². The lowest BCUT2D eigenvalue weighted by Gasteiger charge is -2.39. The Morgan fingerprint density at radius 2 is 1.93 bits per heavy atom. The molecular formula is C20H20FN5O3S. The van der Waals surface area contributed by atoms with Gasteiger partial charge in [0.25, 0.3) is 0 Å². The fourth-order valence-corrected chi connectivity index (χ4v) is 4.57. The number of aliphatic imine (C=N–C) groups is 1. The highest BCUT2D eigenvalue weighted by Gasteiger charge is 2.48. The molecule has 0 unspecified atom stereocenters. The molecule has 1 aliphatic rings. The summed E-state index contributed by atoms with van der Waals surface area (Å²) in [5.74, 6) is 0.0860. The molecule has 0 aliphatic carbocycles. The SMILES string of the molecule is CC1(C)C(N)=N[C@](C)(c2cc(-c3cc(-c4cnc(O)cn4)no3)ccc2F)C[S@@+]1[O-]. The third kappa shape index (κ3) is 3.41. The molecule has 8 nitrogen and oxygen atoms in total. The third-order valence-electron chi connectivity index (χ3n) is 5.21. The number of hydrogen-bond donors (Lipinski definition) is 2. The summed E-state index contributed by atoms with van der Waals surface area (Å²) < 4.78 is 32.1. The molecular weight excluding hydrogens is 409 g/mol. The molecule has 4 rings (SSSR count). The van der Waals surface area contributed by atoms with Crippen molar-refractivity contribution in [2.45, 2.75) is 31.1 Å². The normalized spacial score (nSPS) is 23.2. The van der Waals surface area contributed by atoms with E-state index in [4.69, 9.17) is 10.3 Å². The fourth-order valence-electron chi connectivity index (χ4n) is 3.20. The van der Waals surface area contributed by atoms with E-state index < -0.39 is 27.3 Å². The maximum atomic E-state index is 14.8. The summed E-state index contributed by atoms with van der Waals surface area (Å²) in [6.45, 7) is 5.24. The van der Waals surface area contributed by atoms with Crippen LogP contribution in [0.3, 0.4) is 0 Å². The highest BCUT2D eigenvalue weighted by molar-refractivity contribution is 7.93. The number of aromatic nitrogens is 3. The maximum Gasteiger partial charge on any atom is 0.229 e. The van der Waals surface area contributed by atoms with Crippen LogP contribution in [0.1, 0.15) is 26.3 Å². The van der Waals surface area contributed by atoms with Crippen LogP contribution in [0.4, 0.5) is 4.39 Å². The van der Waals surface area contributed by atoms with Crippen LogP contribution in [0.25, 0.3) is 22.7 Å². The van der Waals surface area contributed by atoms with Crippen LogP contribution >= 0.6 is 0 Å². The van der Waals surface area contributed by atoms with Crippen LogP contribution < -0.4 is 5.73 Å². The third-order valence-corrected chi connectivity index (χ3v) is 7.38. The standard InChI is InChI=1S/C20H20FN5O3S/c1-19(2)18(22)25-20(3,10-30(19)28)12-6-11(4-5-13(12)21)16-7-14(26-29-16)15-8-24-17(27)9-23-15/h4-9H,10H2,1-3H3,(H2,22,25)(H,24,27)/t20-,30+/m0/s1. The summed E-state index contributed by atoms with van der Waals surface area (Å²) >= 11 is -1.33. The van der Waals surface area contributed by atoms with Crippen LogP contribution in [-0.2, 0) is 16.7 Å². The van der Waals surface area contributed by atoms with Crippen LogP contribution in [-0.4, -0.2) is 41.1 Å². The number of halogens is 1. The number of nitrogens with two attached hydrogens (primary N) is 1. The first-order valence-electron chi connectivity index (χ1n) is 9.13. The zero-order valence-electron chi connectivity index (χ0n) is 16.6. The Morgan fingerprint density at radius 1 is 1.17 bits per heavy atom. The summed E-state index contributed by atoms with van der Waals surface area (Å²) in [7, 11) is 0. The molecule has 3 heterocycles. The minimum Gasteiger partial charge on any atom is -0.616 e. The lowest BCUT2D eigenvalue weighted by atomic mass is 9.91. The summed E-state index contributed by atoms with van der Waals surface area (Å²) in [4.78, 5) is 12.3. The second kappa shape index (κ2) is 7.06. The van der Waals surface area contributed by atoms with Gasteiger partial charge in [-0.2, -0.15) is 0 Å². The zero-order chi connectivity index (χ0) is 21.7. The molecule has 0 saturated heterocycles. The molecule has 1 aromatic carbocycles. The molecule has 1 aliphatic heterocycles. The first-order chi connectivity index (χ1) is 14.1. The molecule has 0 spiro atoms. The maximum absolute atomic E-state index is 14.8. The topological polar surface area (TPSA) is 133 Å². The van der Waals surface area contributed by atoms with Gasteiger partial charge < -0.3 is 19.9 Å². The van der Waals surface area contributed by atoms with Crippen molar-refractivity contribution in [2.24, 2.45) is 10.7 Å². The van der Waals surface area contributed by atoms with E-state index in [-0.39, 0.29) is 23.0 Å².